The van der Waals surface area contributed by atoms with Crippen molar-refractivity contribution in [1.82, 2.24) is 30.1 Å². The van der Waals surface area contributed by atoms with Gasteiger partial charge in [0.15, 0.2) is 5.82 Å². The highest BCUT2D eigenvalue weighted by Gasteiger charge is 2.30. The molecule has 8 heteroatoms. The Balaban J connectivity index is 1.82. The summed E-state index contributed by atoms with van der Waals surface area (Å²) in [6.45, 7) is 11.5. The van der Waals surface area contributed by atoms with Crippen molar-refractivity contribution in [2.24, 2.45) is 0 Å². The second-order valence-corrected chi connectivity index (χ2v) is 10.4. The number of aromatic amines is 1. The molecule has 36 heavy (non-hydrogen) atoms. The number of tetrazole rings is 1. The van der Waals surface area contributed by atoms with E-state index in [0.717, 1.165) is 46.4 Å². The summed E-state index contributed by atoms with van der Waals surface area (Å²) in [4.78, 5) is 18.5. The van der Waals surface area contributed by atoms with Crippen LogP contribution in [0.3, 0.4) is 0 Å². The third-order valence-electron chi connectivity index (χ3n) is 6.45. The minimum absolute atomic E-state index is 0.0814. The first-order valence-corrected chi connectivity index (χ1v) is 12.5. The van der Waals surface area contributed by atoms with Crippen LogP contribution < -0.4 is 10.3 Å². The van der Waals surface area contributed by atoms with Gasteiger partial charge in [0.2, 0.25) is 0 Å². The number of hydrogen-bond donors (Lipinski definition) is 1. The highest BCUT2D eigenvalue weighted by molar-refractivity contribution is 5.79. The number of H-pyrrole nitrogens is 1. The Hall–Kier alpha value is -3.52. The quantitative estimate of drug-likeness (QED) is 0.351. The molecule has 2 aromatic heterocycles. The summed E-state index contributed by atoms with van der Waals surface area (Å²) >= 11 is 0. The van der Waals surface area contributed by atoms with Gasteiger partial charge in [-0.3, -0.25) is 9.69 Å². The normalized spacial score (nSPS) is 12.9. The maximum Gasteiger partial charge on any atom is 0.252 e. The van der Waals surface area contributed by atoms with E-state index >= 15 is 0 Å². The van der Waals surface area contributed by atoms with Gasteiger partial charge in [-0.25, -0.2) is 4.68 Å². The highest BCUT2D eigenvalue weighted by atomic mass is 16.5. The molecule has 0 radical (unpaired) electrons. The van der Waals surface area contributed by atoms with Crippen LogP contribution in [0.25, 0.3) is 10.9 Å². The van der Waals surface area contributed by atoms with Crippen LogP contribution in [0.15, 0.2) is 53.3 Å². The molecule has 0 spiro atoms. The van der Waals surface area contributed by atoms with E-state index < -0.39 is 0 Å². The van der Waals surface area contributed by atoms with Crippen molar-refractivity contribution in [2.75, 3.05) is 7.11 Å². The molecule has 1 unspecified atom stereocenters. The molecule has 1 N–H and O–H groups in total. The van der Waals surface area contributed by atoms with Gasteiger partial charge in [0.25, 0.3) is 5.56 Å². The molecule has 0 aliphatic rings. The van der Waals surface area contributed by atoms with Gasteiger partial charge in [0.05, 0.1) is 18.7 Å². The van der Waals surface area contributed by atoms with Crippen molar-refractivity contribution in [3.05, 3.63) is 81.4 Å². The number of benzene rings is 2. The second kappa shape index (κ2) is 10.6. The van der Waals surface area contributed by atoms with E-state index in [0.29, 0.717) is 18.7 Å². The predicted octanol–water partition coefficient (Wildman–Crippen LogP) is 5.13. The van der Waals surface area contributed by atoms with Gasteiger partial charge in [0, 0.05) is 29.7 Å². The maximum absolute atomic E-state index is 13.2. The number of para-hydroxylation sites is 1. The zero-order valence-electron chi connectivity index (χ0n) is 22.1. The topological polar surface area (TPSA) is 88.9 Å². The number of pyridine rings is 1. The highest BCUT2D eigenvalue weighted by Crippen LogP contribution is 2.32. The van der Waals surface area contributed by atoms with Crippen LogP contribution >= 0.6 is 0 Å². The summed E-state index contributed by atoms with van der Waals surface area (Å²) in [5, 5.41) is 13.9. The number of hydrogen-bond acceptors (Lipinski definition) is 6. The van der Waals surface area contributed by atoms with E-state index in [1.807, 2.05) is 41.1 Å². The van der Waals surface area contributed by atoms with E-state index in [9.17, 15) is 4.79 Å². The van der Waals surface area contributed by atoms with Crippen molar-refractivity contribution < 1.29 is 4.74 Å². The van der Waals surface area contributed by atoms with Crippen LogP contribution in [0, 0.1) is 6.92 Å². The van der Waals surface area contributed by atoms with E-state index in [2.05, 4.69) is 72.2 Å². The van der Waals surface area contributed by atoms with Crippen molar-refractivity contribution in [3.8, 4) is 5.75 Å². The van der Waals surface area contributed by atoms with Gasteiger partial charge in [0.1, 0.15) is 5.75 Å². The molecule has 1 atom stereocenters. The zero-order chi connectivity index (χ0) is 25.9. The summed E-state index contributed by atoms with van der Waals surface area (Å²) in [5.41, 5.74) is 3.38. The number of nitrogens with zero attached hydrogens (tertiary/aromatic N) is 5. The fraction of sp³-hybridized carbons (Fsp3) is 0.429. The van der Waals surface area contributed by atoms with Gasteiger partial charge < -0.3 is 9.72 Å². The average Bonchev–Trinajstić information content (AvgIpc) is 3.33. The van der Waals surface area contributed by atoms with E-state index in [1.54, 1.807) is 7.11 Å². The number of aryl methyl sites for hydroxylation is 1. The summed E-state index contributed by atoms with van der Waals surface area (Å²) in [5.74, 6) is 1.61. The van der Waals surface area contributed by atoms with Gasteiger partial charge in [-0.15, -0.1) is 5.10 Å². The lowest BCUT2D eigenvalue weighted by atomic mass is 10.0. The number of aromatic nitrogens is 5. The Morgan fingerprint density at radius 2 is 1.83 bits per heavy atom. The van der Waals surface area contributed by atoms with Gasteiger partial charge >= 0.3 is 0 Å². The number of rotatable bonds is 9. The van der Waals surface area contributed by atoms with Crippen LogP contribution in [-0.2, 0) is 18.6 Å². The third kappa shape index (κ3) is 5.49. The summed E-state index contributed by atoms with van der Waals surface area (Å²) < 4.78 is 7.56. The van der Waals surface area contributed by atoms with Gasteiger partial charge in [-0.05, 0) is 74.2 Å². The first kappa shape index (κ1) is 25.6. The monoisotopic (exact) mass is 488 g/mol. The van der Waals surface area contributed by atoms with Crippen molar-refractivity contribution >= 4 is 10.9 Å². The van der Waals surface area contributed by atoms with Crippen LogP contribution in [-0.4, -0.2) is 37.2 Å². The van der Waals surface area contributed by atoms with Gasteiger partial charge in [-0.1, -0.05) is 43.2 Å². The number of methoxy groups -OCH3 is 1. The Bertz CT molecular complexity index is 1380. The van der Waals surface area contributed by atoms with E-state index in [4.69, 9.17) is 4.74 Å². The summed E-state index contributed by atoms with van der Waals surface area (Å²) in [7, 11) is 1.68. The minimum Gasteiger partial charge on any atom is -0.496 e. The summed E-state index contributed by atoms with van der Waals surface area (Å²) in [6, 6.07) is 16.0. The summed E-state index contributed by atoms with van der Waals surface area (Å²) in [6.07, 6.45) is 1.79. The fourth-order valence-corrected chi connectivity index (χ4v) is 4.66. The Morgan fingerprint density at radius 3 is 2.56 bits per heavy atom. The molecule has 0 amide bonds. The molecule has 4 aromatic rings. The largest absolute Gasteiger partial charge is 0.496 e. The Labute approximate surface area is 212 Å². The molecule has 8 nitrogen and oxygen atoms in total. The Morgan fingerprint density at radius 1 is 1.08 bits per heavy atom. The first-order chi connectivity index (χ1) is 17.2. The van der Waals surface area contributed by atoms with Crippen molar-refractivity contribution in [1.29, 1.82) is 0 Å². The van der Waals surface area contributed by atoms with Crippen LogP contribution in [0.2, 0.25) is 0 Å². The van der Waals surface area contributed by atoms with Crippen LogP contribution in [0.1, 0.15) is 69.1 Å². The number of ether oxygens (including phenoxy) is 1. The molecule has 0 aliphatic heterocycles. The standard InChI is InChI=1S/C28H36N6O2/c1-7-10-24(26-30-31-32-34(26)28(3,4)5)33(17-20-11-8-9-12-25(20)36-6)18-22-16-21-15-19(2)13-14-23(21)29-27(22)35/h8-9,11-16,24H,7,10,17-18H2,1-6H3,(H,29,35). The van der Waals surface area contributed by atoms with Crippen molar-refractivity contribution in [3.63, 3.8) is 0 Å². The molecule has 2 aromatic carbocycles. The van der Waals surface area contributed by atoms with E-state index in [-0.39, 0.29) is 17.1 Å². The molecule has 0 saturated carbocycles. The lowest BCUT2D eigenvalue weighted by Gasteiger charge is -2.33. The van der Waals surface area contributed by atoms with Gasteiger partial charge in [-0.2, -0.15) is 0 Å². The fourth-order valence-electron chi connectivity index (χ4n) is 4.66. The lowest BCUT2D eigenvalue weighted by Crippen LogP contribution is -2.35. The molecule has 190 valence electrons. The maximum atomic E-state index is 13.2. The SMILES string of the molecule is CCCC(c1nnnn1C(C)(C)C)N(Cc1ccccc1OC)Cc1cc2cc(C)ccc2[nH]c1=O. The average molecular weight is 489 g/mol. The minimum atomic E-state index is -0.279. The predicted molar refractivity (Wildman–Crippen MR) is 142 cm³/mol. The smallest absolute Gasteiger partial charge is 0.252 e. The van der Waals surface area contributed by atoms with Crippen molar-refractivity contribution in [2.45, 2.75) is 72.1 Å². The molecule has 0 fully saturated rings. The number of nitrogens with one attached hydrogen (secondary N) is 1. The second-order valence-electron chi connectivity index (χ2n) is 10.4. The molecule has 0 aliphatic carbocycles. The van der Waals surface area contributed by atoms with Crippen LogP contribution in [0.4, 0.5) is 0 Å². The zero-order valence-corrected chi connectivity index (χ0v) is 22.1. The molecular formula is C28H36N6O2. The lowest BCUT2D eigenvalue weighted by molar-refractivity contribution is 0.147. The molecular weight excluding hydrogens is 452 g/mol. The van der Waals surface area contributed by atoms with E-state index in [1.165, 1.54) is 0 Å². The molecule has 0 saturated heterocycles. The molecule has 2 heterocycles. The van der Waals surface area contributed by atoms with Crippen LogP contribution in [0.5, 0.6) is 5.75 Å². The Kier molecular flexibility index (Phi) is 7.54. The third-order valence-corrected chi connectivity index (χ3v) is 6.45. The molecule has 4 rings (SSSR count). The number of fused-ring (bicyclic) bond motifs is 1. The first-order valence-electron chi connectivity index (χ1n) is 12.5. The molecule has 0 bridgehead atoms.